The summed E-state index contributed by atoms with van der Waals surface area (Å²) in [5.41, 5.74) is 7.04. The van der Waals surface area contributed by atoms with Crippen molar-refractivity contribution in [2.24, 2.45) is 5.73 Å². The molecule has 2 N–H and O–H groups in total. The van der Waals surface area contributed by atoms with Crippen LogP contribution in [-0.2, 0) is 9.53 Å². The Morgan fingerprint density at radius 3 is 2.75 bits per heavy atom. The molecule has 1 aromatic heterocycles. The number of ether oxygens (including phenoxy) is 1. The summed E-state index contributed by atoms with van der Waals surface area (Å²) in [6.07, 6.45) is 0.236. The zero-order valence-corrected chi connectivity index (χ0v) is 12.4. The van der Waals surface area contributed by atoms with Gasteiger partial charge in [0, 0.05) is 10.9 Å². The van der Waals surface area contributed by atoms with Gasteiger partial charge in [-0.25, -0.2) is 0 Å². The Morgan fingerprint density at radius 1 is 1.69 bits per heavy atom. The Bertz CT molecular complexity index is 337. The van der Waals surface area contributed by atoms with Crippen molar-refractivity contribution >= 4 is 45.6 Å². The molecule has 0 unspecified atom stereocenters. The number of hydrogen-bond donors (Lipinski definition) is 1. The summed E-state index contributed by atoms with van der Waals surface area (Å²) in [6.45, 7) is 4.19. The van der Waals surface area contributed by atoms with E-state index in [1.807, 2.05) is 13.0 Å². The van der Waals surface area contributed by atoms with Crippen molar-refractivity contribution in [3.05, 3.63) is 20.3 Å². The SMILES string of the molecule is CCOC(=O)C[C@H](N)c1cc(C)c(Br)s1.Cl. The summed E-state index contributed by atoms with van der Waals surface area (Å²) in [4.78, 5) is 12.2. The molecule has 1 rings (SSSR count). The minimum Gasteiger partial charge on any atom is -0.466 e. The molecular weight excluding hydrogens is 314 g/mol. The first-order valence-electron chi connectivity index (χ1n) is 4.71. The van der Waals surface area contributed by atoms with Crippen LogP contribution in [0.2, 0.25) is 0 Å². The van der Waals surface area contributed by atoms with Crippen molar-refractivity contribution in [2.45, 2.75) is 26.3 Å². The van der Waals surface area contributed by atoms with Gasteiger partial charge < -0.3 is 10.5 Å². The van der Waals surface area contributed by atoms with E-state index in [0.29, 0.717) is 6.61 Å². The number of thiophene rings is 1. The number of hydrogen-bond acceptors (Lipinski definition) is 4. The summed E-state index contributed by atoms with van der Waals surface area (Å²) in [6, 6.07) is 1.73. The molecular formula is C10H15BrClNO2S. The van der Waals surface area contributed by atoms with Crippen LogP contribution in [0.25, 0.3) is 0 Å². The Kier molecular flexibility index (Phi) is 7.22. The van der Waals surface area contributed by atoms with E-state index in [-0.39, 0.29) is 30.8 Å². The number of nitrogens with two attached hydrogens (primary N) is 1. The fourth-order valence-corrected chi connectivity index (χ4v) is 2.74. The maximum absolute atomic E-state index is 11.2. The quantitative estimate of drug-likeness (QED) is 0.864. The molecule has 1 heterocycles. The van der Waals surface area contributed by atoms with Gasteiger partial charge in [-0.05, 0) is 41.4 Å². The van der Waals surface area contributed by atoms with Crippen LogP contribution in [0.15, 0.2) is 9.85 Å². The van der Waals surface area contributed by atoms with Gasteiger partial charge >= 0.3 is 5.97 Å². The zero-order chi connectivity index (χ0) is 11.4. The predicted octanol–water partition coefficient (Wildman–Crippen LogP) is 3.19. The molecule has 0 spiro atoms. The van der Waals surface area contributed by atoms with Crippen LogP contribution in [0.4, 0.5) is 0 Å². The molecule has 0 bridgehead atoms. The molecule has 16 heavy (non-hydrogen) atoms. The van der Waals surface area contributed by atoms with E-state index in [0.717, 1.165) is 14.2 Å². The van der Waals surface area contributed by atoms with Gasteiger partial charge in [0.1, 0.15) is 0 Å². The van der Waals surface area contributed by atoms with Gasteiger partial charge in [-0.1, -0.05) is 0 Å². The van der Waals surface area contributed by atoms with Gasteiger partial charge in [0.15, 0.2) is 0 Å². The van der Waals surface area contributed by atoms with Crippen LogP contribution in [0.1, 0.15) is 29.8 Å². The molecule has 3 nitrogen and oxygen atoms in total. The lowest BCUT2D eigenvalue weighted by Gasteiger charge is -2.08. The Labute approximate surface area is 114 Å². The molecule has 0 saturated heterocycles. The predicted molar refractivity (Wildman–Crippen MR) is 72.2 cm³/mol. The van der Waals surface area contributed by atoms with E-state index in [4.69, 9.17) is 10.5 Å². The maximum atomic E-state index is 11.2. The number of rotatable bonds is 4. The van der Waals surface area contributed by atoms with E-state index < -0.39 is 0 Å². The number of carbonyl (C=O) groups excluding carboxylic acids is 1. The summed E-state index contributed by atoms with van der Waals surface area (Å²) in [5, 5.41) is 0. The first-order chi connectivity index (χ1) is 7.04. The standard InChI is InChI=1S/C10H14BrNO2S.ClH/c1-3-14-9(13)5-7(12)8-4-6(2)10(11)15-8;/h4,7H,3,5,12H2,1-2H3;1H/t7-;/m0./s1. The summed E-state index contributed by atoms with van der Waals surface area (Å²) in [5.74, 6) is -0.243. The third-order valence-corrected chi connectivity index (χ3v) is 4.20. The van der Waals surface area contributed by atoms with E-state index in [1.54, 1.807) is 18.3 Å². The molecule has 0 aliphatic rings. The van der Waals surface area contributed by atoms with Crippen LogP contribution in [0, 0.1) is 6.92 Å². The number of esters is 1. The highest BCUT2D eigenvalue weighted by atomic mass is 79.9. The topological polar surface area (TPSA) is 52.3 Å². The van der Waals surface area contributed by atoms with Gasteiger partial charge in [-0.3, -0.25) is 4.79 Å². The fourth-order valence-electron chi connectivity index (χ4n) is 1.17. The fraction of sp³-hybridized carbons (Fsp3) is 0.500. The molecule has 0 radical (unpaired) electrons. The zero-order valence-electron chi connectivity index (χ0n) is 9.16. The molecule has 1 aromatic rings. The van der Waals surface area contributed by atoms with Crippen molar-refractivity contribution in [1.82, 2.24) is 0 Å². The molecule has 0 aliphatic carbocycles. The van der Waals surface area contributed by atoms with Crippen molar-refractivity contribution in [3.63, 3.8) is 0 Å². The van der Waals surface area contributed by atoms with E-state index in [2.05, 4.69) is 15.9 Å². The minimum atomic E-state index is -0.265. The molecule has 0 amide bonds. The molecule has 0 fully saturated rings. The third kappa shape index (κ3) is 4.41. The second-order valence-electron chi connectivity index (χ2n) is 3.22. The summed E-state index contributed by atoms with van der Waals surface area (Å²) in [7, 11) is 0. The molecule has 6 heteroatoms. The van der Waals surface area contributed by atoms with Crippen LogP contribution in [0.3, 0.4) is 0 Å². The molecule has 0 aromatic carbocycles. The van der Waals surface area contributed by atoms with Crippen molar-refractivity contribution in [3.8, 4) is 0 Å². The van der Waals surface area contributed by atoms with Crippen LogP contribution >= 0.6 is 39.7 Å². The normalized spacial score (nSPS) is 11.8. The maximum Gasteiger partial charge on any atom is 0.307 e. The van der Waals surface area contributed by atoms with Crippen molar-refractivity contribution < 1.29 is 9.53 Å². The average molecular weight is 329 g/mol. The number of carbonyl (C=O) groups is 1. The van der Waals surface area contributed by atoms with Gasteiger partial charge in [0.05, 0.1) is 16.8 Å². The first kappa shape index (κ1) is 15.9. The van der Waals surface area contributed by atoms with Gasteiger partial charge in [-0.2, -0.15) is 0 Å². The van der Waals surface area contributed by atoms with Gasteiger partial charge in [0.2, 0.25) is 0 Å². The Morgan fingerprint density at radius 2 is 2.31 bits per heavy atom. The molecule has 0 saturated carbocycles. The van der Waals surface area contributed by atoms with E-state index in [9.17, 15) is 4.79 Å². The highest BCUT2D eigenvalue weighted by molar-refractivity contribution is 9.11. The molecule has 0 aliphatic heterocycles. The monoisotopic (exact) mass is 327 g/mol. The van der Waals surface area contributed by atoms with Crippen LogP contribution < -0.4 is 5.73 Å². The summed E-state index contributed by atoms with van der Waals surface area (Å²) >= 11 is 4.99. The van der Waals surface area contributed by atoms with Gasteiger partial charge in [0.25, 0.3) is 0 Å². The Hall–Kier alpha value is -0.100. The average Bonchev–Trinajstić information content (AvgIpc) is 2.47. The van der Waals surface area contributed by atoms with Crippen LogP contribution in [-0.4, -0.2) is 12.6 Å². The lowest BCUT2D eigenvalue weighted by molar-refractivity contribution is -0.143. The second kappa shape index (κ2) is 7.27. The lowest BCUT2D eigenvalue weighted by Crippen LogP contribution is -2.16. The van der Waals surface area contributed by atoms with E-state index in [1.165, 1.54) is 0 Å². The minimum absolute atomic E-state index is 0. The summed E-state index contributed by atoms with van der Waals surface area (Å²) < 4.78 is 5.91. The second-order valence-corrected chi connectivity index (χ2v) is 5.62. The highest BCUT2D eigenvalue weighted by Gasteiger charge is 2.15. The van der Waals surface area contributed by atoms with E-state index >= 15 is 0 Å². The lowest BCUT2D eigenvalue weighted by atomic mass is 10.2. The largest absolute Gasteiger partial charge is 0.466 e. The molecule has 1 atom stereocenters. The number of halogens is 2. The van der Waals surface area contributed by atoms with Crippen LogP contribution in [0.5, 0.6) is 0 Å². The highest BCUT2D eigenvalue weighted by Crippen LogP contribution is 2.31. The smallest absolute Gasteiger partial charge is 0.307 e. The van der Waals surface area contributed by atoms with Crippen molar-refractivity contribution in [2.75, 3.05) is 6.61 Å². The first-order valence-corrected chi connectivity index (χ1v) is 6.32. The molecule has 92 valence electrons. The van der Waals surface area contributed by atoms with Gasteiger partial charge in [-0.15, -0.1) is 23.7 Å². The third-order valence-electron chi connectivity index (χ3n) is 1.93. The number of aryl methyl sites for hydroxylation is 1. The van der Waals surface area contributed by atoms with Crippen molar-refractivity contribution in [1.29, 1.82) is 0 Å². The Balaban J connectivity index is 0.00000225.